The van der Waals surface area contributed by atoms with Crippen molar-refractivity contribution < 1.29 is 38.3 Å². The molecule has 1 saturated carbocycles. The number of halogens is 1. The number of likely N-dealkylation sites (N-methyl/N-ethyl adjacent to an activating group) is 1. The summed E-state index contributed by atoms with van der Waals surface area (Å²) in [7, 11) is 1.34. The summed E-state index contributed by atoms with van der Waals surface area (Å²) < 4.78 is 11.3. The van der Waals surface area contributed by atoms with Crippen molar-refractivity contribution >= 4 is 46.9 Å². The molecule has 14 heteroatoms. The number of carbonyl (C=O) groups is 5. The average molecular weight is 704 g/mol. The maximum atomic E-state index is 14.5. The Hall–Kier alpha value is -3.87. The van der Waals surface area contributed by atoms with Crippen LogP contribution in [0, 0.1) is 12.3 Å². The van der Waals surface area contributed by atoms with E-state index in [4.69, 9.17) is 25.9 Å². The van der Waals surface area contributed by atoms with E-state index in [9.17, 15) is 24.0 Å². The van der Waals surface area contributed by atoms with Crippen molar-refractivity contribution in [2.45, 2.75) is 123 Å². The van der Waals surface area contributed by atoms with Crippen LogP contribution in [0.5, 0.6) is 5.75 Å². The van der Waals surface area contributed by atoms with Crippen molar-refractivity contribution in [1.29, 1.82) is 0 Å². The molecule has 49 heavy (non-hydrogen) atoms. The number of likely N-dealkylation sites (tertiary alicyclic amines) is 1. The summed E-state index contributed by atoms with van der Waals surface area (Å²) in [6.07, 6.45) is 3.64. The van der Waals surface area contributed by atoms with Crippen LogP contribution in [0.3, 0.4) is 0 Å². The second-order valence-corrected chi connectivity index (χ2v) is 14.7. The van der Waals surface area contributed by atoms with E-state index in [1.165, 1.54) is 11.9 Å². The Labute approximate surface area is 293 Å². The van der Waals surface area contributed by atoms with Gasteiger partial charge in [0, 0.05) is 25.5 Å². The van der Waals surface area contributed by atoms with Gasteiger partial charge in [-0.3, -0.25) is 19.2 Å². The van der Waals surface area contributed by atoms with E-state index >= 15 is 0 Å². The molecule has 1 saturated heterocycles. The summed E-state index contributed by atoms with van der Waals surface area (Å²) in [6.45, 7) is 11.5. The van der Waals surface area contributed by atoms with Crippen LogP contribution >= 0.6 is 11.6 Å². The van der Waals surface area contributed by atoms with Crippen LogP contribution < -0.4 is 20.7 Å². The molecule has 2 aliphatic heterocycles. The Morgan fingerprint density at radius 2 is 1.82 bits per heavy atom. The number of hydrogen-bond donors (Lipinski definition) is 3. The topological polar surface area (TPSA) is 165 Å². The Bertz CT molecular complexity index is 1450. The molecule has 0 aromatic heterocycles. The monoisotopic (exact) mass is 703 g/mol. The average Bonchev–Trinajstić information content (AvgIpc) is 3.80. The fourth-order valence-corrected chi connectivity index (χ4v) is 7.06. The molecule has 4 amide bonds. The number of ketones is 1. The van der Waals surface area contributed by atoms with Gasteiger partial charge in [-0.1, -0.05) is 50.9 Å². The number of amides is 4. The lowest BCUT2D eigenvalue weighted by Gasteiger charge is -2.35. The maximum absolute atomic E-state index is 14.5. The number of aryl methyl sites for hydroxylation is 1. The van der Waals surface area contributed by atoms with E-state index in [1.807, 2.05) is 47.6 Å². The fourth-order valence-electron chi connectivity index (χ4n) is 6.74. The number of benzene rings is 1. The van der Waals surface area contributed by atoms with Gasteiger partial charge in [-0.2, -0.15) is 0 Å². The second-order valence-electron chi connectivity index (χ2n) is 14.3. The van der Waals surface area contributed by atoms with Crippen LogP contribution in [0.15, 0.2) is 17.3 Å². The normalized spacial score (nSPS) is 21.8. The van der Waals surface area contributed by atoms with Crippen molar-refractivity contribution in [3.8, 4) is 5.75 Å². The van der Waals surface area contributed by atoms with Gasteiger partial charge in [-0.25, -0.2) is 4.79 Å². The SMILES string of the molecule is CCC[C@H](NC(=O)[C@@H]1C[C@]2(CC(c3cc(C)c(OCC)c(Cl)c3)=NO2)CN1C(=O)[C@@H](NC(=O)OC1CCCC1)C(C)(C)C)C(=O)C(=O)NC. The van der Waals surface area contributed by atoms with Crippen LogP contribution in [0.2, 0.25) is 5.02 Å². The number of nitrogens with one attached hydrogen (secondary N) is 3. The Kier molecular flexibility index (Phi) is 12.2. The van der Waals surface area contributed by atoms with Crippen molar-refractivity contribution in [3.05, 3.63) is 28.3 Å². The number of nitrogens with zero attached hydrogens (tertiary/aromatic N) is 2. The van der Waals surface area contributed by atoms with Gasteiger partial charge in [-0.05, 0) is 69.1 Å². The summed E-state index contributed by atoms with van der Waals surface area (Å²) in [5.41, 5.74) is 0.281. The Balaban J connectivity index is 1.63. The molecule has 13 nitrogen and oxygen atoms in total. The third-order valence-electron chi connectivity index (χ3n) is 9.29. The molecular weight excluding hydrogens is 654 g/mol. The summed E-state index contributed by atoms with van der Waals surface area (Å²) >= 11 is 6.55. The van der Waals surface area contributed by atoms with Gasteiger partial charge < -0.3 is 35.2 Å². The molecule has 1 aromatic rings. The summed E-state index contributed by atoms with van der Waals surface area (Å²) in [5, 5.41) is 12.6. The number of oxime groups is 1. The predicted octanol–water partition coefficient (Wildman–Crippen LogP) is 4.19. The van der Waals surface area contributed by atoms with Gasteiger partial charge >= 0.3 is 6.09 Å². The fraction of sp³-hybridized carbons (Fsp3) is 0.657. The minimum atomic E-state index is -1.10. The van der Waals surface area contributed by atoms with E-state index in [2.05, 4.69) is 21.1 Å². The lowest BCUT2D eigenvalue weighted by Crippen LogP contribution is -2.59. The minimum absolute atomic E-state index is 0.0194. The molecular formula is C35H50ClN5O8. The molecule has 1 aromatic carbocycles. The first-order valence-corrected chi connectivity index (χ1v) is 17.5. The second kappa shape index (κ2) is 15.8. The number of Topliss-reactive ketones (excluding diaryl/α,β-unsaturated/α-hetero) is 1. The highest BCUT2D eigenvalue weighted by Gasteiger charge is 2.56. The van der Waals surface area contributed by atoms with E-state index < -0.39 is 58.7 Å². The van der Waals surface area contributed by atoms with E-state index in [1.54, 1.807) is 6.07 Å². The quantitative estimate of drug-likeness (QED) is 0.273. The highest BCUT2D eigenvalue weighted by atomic mass is 35.5. The Morgan fingerprint density at radius 3 is 2.41 bits per heavy atom. The molecule has 0 unspecified atom stereocenters. The first-order valence-electron chi connectivity index (χ1n) is 17.1. The summed E-state index contributed by atoms with van der Waals surface area (Å²) in [4.78, 5) is 74.1. The largest absolute Gasteiger partial charge is 0.492 e. The van der Waals surface area contributed by atoms with Gasteiger partial charge in [0.2, 0.25) is 17.6 Å². The summed E-state index contributed by atoms with van der Waals surface area (Å²) in [5.74, 6) is -2.14. The molecule has 1 spiro atoms. The standard InChI is InChI=1S/C35H50ClN5O8/c1-8-12-24(27(42)31(44)37-7)38-30(43)26-18-35(17-25(40-49-35)21-15-20(3)28(47-9-2)23(36)16-21)19-41(26)32(45)29(34(4,5)6)39-33(46)48-22-13-10-11-14-22/h15-16,22,24,26,29H,8-14,17-19H2,1-7H3,(H,37,44)(H,38,43)(H,39,46)/t24-,26-,29+,35+/m0/s1. The van der Waals surface area contributed by atoms with E-state index in [0.717, 1.165) is 36.8 Å². The zero-order valence-electron chi connectivity index (χ0n) is 29.6. The first kappa shape index (κ1) is 37.9. The molecule has 4 atom stereocenters. The van der Waals surface area contributed by atoms with Gasteiger partial charge in [0.15, 0.2) is 5.60 Å². The zero-order valence-corrected chi connectivity index (χ0v) is 30.3. The minimum Gasteiger partial charge on any atom is -0.492 e. The summed E-state index contributed by atoms with van der Waals surface area (Å²) in [6, 6.07) is 0.407. The number of ether oxygens (including phenoxy) is 2. The molecule has 270 valence electrons. The number of rotatable bonds is 12. The molecule has 3 N–H and O–H groups in total. The van der Waals surface area contributed by atoms with Crippen LogP contribution in [-0.4, -0.2) is 90.2 Å². The maximum Gasteiger partial charge on any atom is 0.408 e. The van der Waals surface area contributed by atoms with Crippen LogP contribution in [0.25, 0.3) is 0 Å². The predicted molar refractivity (Wildman–Crippen MR) is 183 cm³/mol. The van der Waals surface area contributed by atoms with E-state index in [-0.39, 0.29) is 31.9 Å². The van der Waals surface area contributed by atoms with Crippen LogP contribution in [-0.2, 0) is 28.8 Å². The third kappa shape index (κ3) is 8.84. The van der Waals surface area contributed by atoms with E-state index in [0.29, 0.717) is 29.5 Å². The molecule has 0 radical (unpaired) electrons. The highest BCUT2D eigenvalue weighted by Crippen LogP contribution is 2.41. The lowest BCUT2D eigenvalue weighted by atomic mass is 9.85. The van der Waals surface area contributed by atoms with Crippen molar-refractivity contribution in [1.82, 2.24) is 20.9 Å². The van der Waals surface area contributed by atoms with Gasteiger partial charge in [0.25, 0.3) is 5.91 Å². The van der Waals surface area contributed by atoms with Gasteiger partial charge in [-0.15, -0.1) is 0 Å². The molecule has 2 fully saturated rings. The van der Waals surface area contributed by atoms with Crippen molar-refractivity contribution in [3.63, 3.8) is 0 Å². The Morgan fingerprint density at radius 1 is 1.12 bits per heavy atom. The first-order chi connectivity index (χ1) is 23.1. The van der Waals surface area contributed by atoms with Crippen LogP contribution in [0.4, 0.5) is 4.79 Å². The zero-order chi connectivity index (χ0) is 36.1. The number of hydrogen-bond acceptors (Lipinski definition) is 9. The number of alkyl carbamates (subject to hydrolysis) is 1. The van der Waals surface area contributed by atoms with Gasteiger partial charge in [0.1, 0.15) is 23.9 Å². The third-order valence-corrected chi connectivity index (χ3v) is 9.57. The molecule has 1 aliphatic carbocycles. The lowest BCUT2D eigenvalue weighted by molar-refractivity contribution is -0.144. The smallest absolute Gasteiger partial charge is 0.408 e. The molecule has 3 aliphatic rings. The highest BCUT2D eigenvalue weighted by molar-refractivity contribution is 6.38. The molecule has 4 rings (SSSR count). The van der Waals surface area contributed by atoms with Crippen molar-refractivity contribution in [2.24, 2.45) is 10.6 Å². The van der Waals surface area contributed by atoms with Gasteiger partial charge in [0.05, 0.1) is 29.9 Å². The molecule has 2 heterocycles. The molecule has 0 bridgehead atoms. The van der Waals surface area contributed by atoms with Crippen LogP contribution in [0.1, 0.15) is 97.1 Å². The van der Waals surface area contributed by atoms with Crippen molar-refractivity contribution in [2.75, 3.05) is 20.2 Å². The number of carbonyl (C=O) groups excluding carboxylic acids is 5.